The molecule has 1 aromatic carbocycles. The Morgan fingerprint density at radius 2 is 1.94 bits per heavy atom. The molecule has 2 nitrogen and oxygen atoms in total. The zero-order valence-corrected chi connectivity index (χ0v) is 10.8. The molecule has 0 fully saturated rings. The number of esters is 1. The van der Waals surface area contributed by atoms with Gasteiger partial charge in [0.15, 0.2) is 0 Å². The number of hydrogen-bond donors (Lipinski definition) is 0. The Morgan fingerprint density at radius 1 is 1.24 bits per heavy atom. The van der Waals surface area contributed by atoms with Gasteiger partial charge in [0.05, 0.1) is 0 Å². The van der Waals surface area contributed by atoms with Crippen molar-refractivity contribution in [2.75, 3.05) is 0 Å². The quantitative estimate of drug-likeness (QED) is 0.522. The number of carbonyl (C=O) groups is 1. The van der Waals surface area contributed by atoms with E-state index in [1.807, 2.05) is 18.2 Å². The summed E-state index contributed by atoms with van der Waals surface area (Å²) in [4.78, 5) is 11.6. The van der Waals surface area contributed by atoms with Crippen molar-refractivity contribution < 1.29 is 9.53 Å². The smallest absolute Gasteiger partial charge is 0.311 e. The first-order valence-electron chi connectivity index (χ1n) is 6.48. The lowest BCUT2D eigenvalue weighted by Crippen LogP contribution is -2.09. The molecule has 1 rings (SSSR count). The van der Waals surface area contributed by atoms with Crippen LogP contribution in [0.4, 0.5) is 0 Å². The maximum Gasteiger partial charge on any atom is 0.311 e. The summed E-state index contributed by atoms with van der Waals surface area (Å²) in [5.74, 6) is 1.12. The Hall–Kier alpha value is -1.31. The fraction of sp³-hybridized carbons (Fsp3) is 0.533. The van der Waals surface area contributed by atoms with Crippen molar-refractivity contribution in [2.45, 2.75) is 46.0 Å². The van der Waals surface area contributed by atoms with Crippen molar-refractivity contribution in [1.82, 2.24) is 0 Å². The lowest BCUT2D eigenvalue weighted by atomic mass is 9.99. The number of ether oxygens (including phenoxy) is 1. The van der Waals surface area contributed by atoms with Crippen LogP contribution in [0.25, 0.3) is 0 Å². The number of carbonyl (C=O) groups excluding carboxylic acids is 1. The average Bonchev–Trinajstić information content (AvgIpc) is 2.35. The first kappa shape index (κ1) is 13.8. The fourth-order valence-corrected chi connectivity index (χ4v) is 1.73. The number of unbranched alkanes of at least 4 members (excludes halogenated alkanes) is 1. The van der Waals surface area contributed by atoms with E-state index in [1.165, 1.54) is 19.3 Å². The SMILES string of the molecule is CCCCC(C)CCC(=O)Oc1ccccc1. The van der Waals surface area contributed by atoms with Gasteiger partial charge in [-0.3, -0.25) is 4.79 Å². The molecule has 0 aliphatic carbocycles. The Morgan fingerprint density at radius 3 is 2.59 bits per heavy atom. The molecule has 0 aliphatic heterocycles. The highest BCUT2D eigenvalue weighted by atomic mass is 16.5. The molecule has 1 aromatic rings. The molecule has 0 amide bonds. The van der Waals surface area contributed by atoms with Crippen molar-refractivity contribution >= 4 is 5.97 Å². The Balaban J connectivity index is 2.21. The maximum absolute atomic E-state index is 11.6. The summed E-state index contributed by atoms with van der Waals surface area (Å²) in [5, 5.41) is 0. The van der Waals surface area contributed by atoms with E-state index < -0.39 is 0 Å². The standard InChI is InChI=1S/C15H22O2/c1-3-4-8-13(2)11-12-15(16)17-14-9-6-5-7-10-14/h5-7,9-10,13H,3-4,8,11-12H2,1-2H3. The molecule has 17 heavy (non-hydrogen) atoms. The van der Waals surface area contributed by atoms with Gasteiger partial charge in [0.1, 0.15) is 5.75 Å². The monoisotopic (exact) mass is 234 g/mol. The third-order valence-corrected chi connectivity index (χ3v) is 2.87. The van der Waals surface area contributed by atoms with Gasteiger partial charge < -0.3 is 4.74 Å². The van der Waals surface area contributed by atoms with Crippen LogP contribution in [0.2, 0.25) is 0 Å². The van der Waals surface area contributed by atoms with Crippen LogP contribution in [0, 0.1) is 5.92 Å². The summed E-state index contributed by atoms with van der Waals surface area (Å²) in [5.41, 5.74) is 0. The molecule has 0 saturated carbocycles. The van der Waals surface area contributed by atoms with Crippen LogP contribution in [-0.4, -0.2) is 5.97 Å². The second-order valence-electron chi connectivity index (χ2n) is 4.57. The van der Waals surface area contributed by atoms with Gasteiger partial charge in [0, 0.05) is 6.42 Å². The minimum atomic E-state index is -0.125. The van der Waals surface area contributed by atoms with E-state index >= 15 is 0 Å². The van der Waals surface area contributed by atoms with E-state index in [0.29, 0.717) is 18.1 Å². The summed E-state index contributed by atoms with van der Waals surface area (Å²) in [6.07, 6.45) is 5.11. The zero-order valence-electron chi connectivity index (χ0n) is 10.8. The van der Waals surface area contributed by atoms with Crippen LogP contribution in [0.15, 0.2) is 30.3 Å². The molecule has 0 radical (unpaired) electrons. The van der Waals surface area contributed by atoms with Crippen molar-refractivity contribution in [3.8, 4) is 5.75 Å². The van der Waals surface area contributed by atoms with Gasteiger partial charge in [-0.15, -0.1) is 0 Å². The topological polar surface area (TPSA) is 26.3 Å². The molecule has 1 atom stereocenters. The molecular formula is C15H22O2. The molecule has 0 saturated heterocycles. The maximum atomic E-state index is 11.6. The molecular weight excluding hydrogens is 212 g/mol. The van der Waals surface area contributed by atoms with E-state index in [0.717, 1.165) is 6.42 Å². The molecule has 0 aliphatic rings. The molecule has 0 aromatic heterocycles. The van der Waals surface area contributed by atoms with Gasteiger partial charge in [-0.1, -0.05) is 51.3 Å². The lowest BCUT2D eigenvalue weighted by molar-refractivity contribution is -0.134. The summed E-state index contributed by atoms with van der Waals surface area (Å²) in [6.45, 7) is 4.39. The van der Waals surface area contributed by atoms with Gasteiger partial charge in [0.25, 0.3) is 0 Å². The van der Waals surface area contributed by atoms with Gasteiger partial charge >= 0.3 is 5.97 Å². The molecule has 0 bridgehead atoms. The summed E-state index contributed by atoms with van der Waals surface area (Å²) in [7, 11) is 0. The van der Waals surface area contributed by atoms with Crippen molar-refractivity contribution in [1.29, 1.82) is 0 Å². The minimum absolute atomic E-state index is 0.125. The molecule has 0 spiro atoms. The summed E-state index contributed by atoms with van der Waals surface area (Å²) in [6, 6.07) is 9.25. The van der Waals surface area contributed by atoms with E-state index in [4.69, 9.17) is 4.74 Å². The van der Waals surface area contributed by atoms with Crippen LogP contribution in [0.1, 0.15) is 46.0 Å². The highest BCUT2D eigenvalue weighted by Gasteiger charge is 2.08. The third-order valence-electron chi connectivity index (χ3n) is 2.87. The van der Waals surface area contributed by atoms with E-state index in [9.17, 15) is 4.79 Å². The Bertz CT molecular complexity index is 319. The van der Waals surface area contributed by atoms with Gasteiger partial charge in [-0.05, 0) is 24.5 Å². The fourth-order valence-electron chi connectivity index (χ4n) is 1.73. The largest absolute Gasteiger partial charge is 0.427 e. The van der Waals surface area contributed by atoms with Crippen molar-refractivity contribution in [3.05, 3.63) is 30.3 Å². The van der Waals surface area contributed by atoms with Crippen molar-refractivity contribution in [3.63, 3.8) is 0 Å². The van der Waals surface area contributed by atoms with Gasteiger partial charge in [-0.2, -0.15) is 0 Å². The number of rotatable bonds is 7. The summed E-state index contributed by atoms with van der Waals surface area (Å²) >= 11 is 0. The lowest BCUT2D eigenvalue weighted by Gasteiger charge is -2.10. The van der Waals surface area contributed by atoms with Crippen LogP contribution >= 0.6 is 0 Å². The Kier molecular flexibility index (Phi) is 6.38. The van der Waals surface area contributed by atoms with Crippen LogP contribution in [0.5, 0.6) is 5.75 Å². The van der Waals surface area contributed by atoms with E-state index in [1.54, 1.807) is 12.1 Å². The first-order valence-corrected chi connectivity index (χ1v) is 6.48. The second-order valence-corrected chi connectivity index (χ2v) is 4.57. The summed E-state index contributed by atoms with van der Waals surface area (Å²) < 4.78 is 5.23. The van der Waals surface area contributed by atoms with Crippen LogP contribution in [-0.2, 0) is 4.79 Å². The minimum Gasteiger partial charge on any atom is -0.427 e. The van der Waals surface area contributed by atoms with Crippen LogP contribution in [0.3, 0.4) is 0 Å². The molecule has 94 valence electrons. The first-order chi connectivity index (χ1) is 8.22. The normalized spacial score (nSPS) is 12.1. The highest BCUT2D eigenvalue weighted by molar-refractivity contribution is 5.72. The van der Waals surface area contributed by atoms with Crippen LogP contribution < -0.4 is 4.74 Å². The number of hydrogen-bond acceptors (Lipinski definition) is 2. The predicted molar refractivity (Wildman–Crippen MR) is 70.0 cm³/mol. The molecule has 0 heterocycles. The van der Waals surface area contributed by atoms with E-state index in [2.05, 4.69) is 13.8 Å². The number of benzene rings is 1. The predicted octanol–water partition coefficient (Wildman–Crippen LogP) is 4.20. The molecule has 2 heteroatoms. The highest BCUT2D eigenvalue weighted by Crippen LogP contribution is 2.15. The molecule has 0 N–H and O–H groups in total. The third kappa shape index (κ3) is 6.10. The van der Waals surface area contributed by atoms with Crippen molar-refractivity contribution in [2.24, 2.45) is 5.92 Å². The number of para-hydroxylation sites is 1. The van der Waals surface area contributed by atoms with Gasteiger partial charge in [0.2, 0.25) is 0 Å². The second kappa shape index (κ2) is 7.88. The zero-order chi connectivity index (χ0) is 12.5. The average molecular weight is 234 g/mol. The Labute approximate surface area is 104 Å². The molecule has 1 unspecified atom stereocenters. The van der Waals surface area contributed by atoms with Gasteiger partial charge in [-0.25, -0.2) is 0 Å². The van der Waals surface area contributed by atoms with E-state index in [-0.39, 0.29) is 5.97 Å².